The summed E-state index contributed by atoms with van der Waals surface area (Å²) in [6.45, 7) is 4.24. The summed E-state index contributed by atoms with van der Waals surface area (Å²) in [4.78, 5) is 14.1. The molecule has 0 aromatic carbocycles. The van der Waals surface area contributed by atoms with E-state index in [-0.39, 0.29) is 6.04 Å². The molecule has 0 amide bonds. The molecule has 0 aliphatic heterocycles. The maximum absolute atomic E-state index is 4.43. The van der Waals surface area contributed by atoms with E-state index in [4.69, 9.17) is 0 Å². The second-order valence-corrected chi connectivity index (χ2v) is 5.80. The topological polar surface area (TPSA) is 50.7 Å². The fourth-order valence-electron chi connectivity index (χ4n) is 1.50. The second-order valence-electron chi connectivity index (χ2n) is 3.83. The molecule has 0 fully saturated rings. The van der Waals surface area contributed by atoms with Gasteiger partial charge in [0, 0.05) is 17.1 Å². The Bertz CT molecular complexity index is 512. The average molecular weight is 280 g/mol. The predicted octanol–water partition coefficient (Wildman–Crippen LogP) is 3.39. The van der Waals surface area contributed by atoms with Crippen LogP contribution in [0, 0.1) is 0 Å². The van der Waals surface area contributed by atoms with Crippen molar-refractivity contribution in [1.29, 1.82) is 0 Å². The molecular formula is C12H16N4S2. The summed E-state index contributed by atoms with van der Waals surface area (Å²) in [5.41, 5.74) is 0. The van der Waals surface area contributed by atoms with Crippen LogP contribution in [0.1, 0.15) is 29.8 Å². The van der Waals surface area contributed by atoms with Crippen molar-refractivity contribution < 1.29 is 0 Å². The van der Waals surface area contributed by atoms with E-state index < -0.39 is 0 Å². The highest BCUT2D eigenvalue weighted by atomic mass is 32.2. The number of aryl methyl sites for hydroxylation is 1. The van der Waals surface area contributed by atoms with Gasteiger partial charge in [-0.3, -0.25) is 0 Å². The van der Waals surface area contributed by atoms with Gasteiger partial charge in [0.15, 0.2) is 0 Å². The van der Waals surface area contributed by atoms with Crippen molar-refractivity contribution >= 4 is 28.9 Å². The predicted molar refractivity (Wildman–Crippen MR) is 77.3 cm³/mol. The minimum atomic E-state index is 0.167. The minimum absolute atomic E-state index is 0.167. The summed E-state index contributed by atoms with van der Waals surface area (Å²) >= 11 is 3.36. The molecule has 1 N–H and O–H groups in total. The Kier molecular flexibility index (Phi) is 4.54. The van der Waals surface area contributed by atoms with Crippen molar-refractivity contribution in [2.45, 2.75) is 31.3 Å². The average Bonchev–Trinajstić information content (AvgIpc) is 2.88. The standard InChI is InChI=1S/C12H16N4S2/c1-4-9-6-13-12(18-9)8(2)16-10-5-11(17-3)15-7-14-10/h5-8H,4H2,1-3H3,(H,14,15,16). The zero-order chi connectivity index (χ0) is 13.0. The lowest BCUT2D eigenvalue weighted by Gasteiger charge is -2.11. The van der Waals surface area contributed by atoms with Crippen LogP contribution < -0.4 is 5.32 Å². The first-order chi connectivity index (χ1) is 8.72. The largest absolute Gasteiger partial charge is 0.361 e. The van der Waals surface area contributed by atoms with Crippen LogP contribution in [0.5, 0.6) is 0 Å². The van der Waals surface area contributed by atoms with Crippen molar-refractivity contribution in [3.05, 3.63) is 28.5 Å². The van der Waals surface area contributed by atoms with Gasteiger partial charge in [-0.25, -0.2) is 15.0 Å². The van der Waals surface area contributed by atoms with Gasteiger partial charge in [-0.1, -0.05) is 6.92 Å². The zero-order valence-electron chi connectivity index (χ0n) is 10.7. The van der Waals surface area contributed by atoms with Gasteiger partial charge >= 0.3 is 0 Å². The molecule has 18 heavy (non-hydrogen) atoms. The van der Waals surface area contributed by atoms with Crippen LogP contribution in [0.25, 0.3) is 0 Å². The molecule has 2 heterocycles. The number of nitrogens with one attached hydrogen (secondary N) is 1. The number of anilines is 1. The number of hydrogen-bond donors (Lipinski definition) is 1. The Balaban J connectivity index is 2.08. The number of hydrogen-bond acceptors (Lipinski definition) is 6. The van der Waals surface area contributed by atoms with Gasteiger partial charge in [0.05, 0.1) is 6.04 Å². The van der Waals surface area contributed by atoms with E-state index >= 15 is 0 Å². The third-order valence-electron chi connectivity index (χ3n) is 2.51. The maximum Gasteiger partial charge on any atom is 0.131 e. The summed E-state index contributed by atoms with van der Waals surface area (Å²) in [7, 11) is 0. The molecular weight excluding hydrogens is 264 g/mol. The van der Waals surface area contributed by atoms with Crippen LogP contribution in [-0.2, 0) is 6.42 Å². The highest BCUT2D eigenvalue weighted by molar-refractivity contribution is 7.98. The smallest absolute Gasteiger partial charge is 0.131 e. The molecule has 0 saturated heterocycles. The number of thiazole rings is 1. The number of rotatable bonds is 5. The van der Waals surface area contributed by atoms with Crippen LogP contribution in [0.4, 0.5) is 5.82 Å². The molecule has 1 atom stereocenters. The summed E-state index contributed by atoms with van der Waals surface area (Å²) < 4.78 is 0. The lowest BCUT2D eigenvalue weighted by Crippen LogP contribution is -2.07. The van der Waals surface area contributed by atoms with Gasteiger partial charge in [0.2, 0.25) is 0 Å². The number of thioether (sulfide) groups is 1. The fourth-order valence-corrected chi connectivity index (χ4v) is 2.74. The zero-order valence-corrected chi connectivity index (χ0v) is 12.3. The van der Waals surface area contributed by atoms with E-state index in [1.165, 1.54) is 4.88 Å². The normalized spacial score (nSPS) is 12.4. The fraction of sp³-hybridized carbons (Fsp3) is 0.417. The van der Waals surface area contributed by atoms with Crippen LogP contribution in [0.3, 0.4) is 0 Å². The van der Waals surface area contributed by atoms with E-state index in [0.29, 0.717) is 0 Å². The van der Waals surface area contributed by atoms with Crippen LogP contribution in [0.2, 0.25) is 0 Å². The second kappa shape index (κ2) is 6.15. The summed E-state index contributed by atoms with van der Waals surface area (Å²) in [5.74, 6) is 0.843. The van der Waals surface area contributed by atoms with Gasteiger partial charge in [-0.05, 0) is 19.6 Å². The minimum Gasteiger partial charge on any atom is -0.361 e. The Morgan fingerprint density at radius 1 is 1.39 bits per heavy atom. The van der Waals surface area contributed by atoms with Gasteiger partial charge < -0.3 is 5.32 Å². The van der Waals surface area contributed by atoms with E-state index in [9.17, 15) is 0 Å². The van der Waals surface area contributed by atoms with Crippen molar-refractivity contribution in [3.63, 3.8) is 0 Å². The third-order valence-corrected chi connectivity index (χ3v) is 4.47. The van der Waals surface area contributed by atoms with Gasteiger partial charge in [0.25, 0.3) is 0 Å². The van der Waals surface area contributed by atoms with Gasteiger partial charge in [-0.15, -0.1) is 23.1 Å². The molecule has 4 nitrogen and oxygen atoms in total. The molecule has 0 saturated carbocycles. The highest BCUT2D eigenvalue weighted by Gasteiger charge is 2.10. The molecule has 0 aliphatic carbocycles. The van der Waals surface area contributed by atoms with E-state index in [1.807, 2.05) is 18.5 Å². The molecule has 0 aliphatic rings. The van der Waals surface area contributed by atoms with Crippen LogP contribution >= 0.6 is 23.1 Å². The summed E-state index contributed by atoms with van der Waals surface area (Å²) in [6, 6.07) is 2.12. The first-order valence-corrected chi connectivity index (χ1v) is 7.84. The Hall–Kier alpha value is -1.14. The lowest BCUT2D eigenvalue weighted by molar-refractivity contribution is 0.853. The third kappa shape index (κ3) is 3.20. The Labute approximate surface area is 115 Å². The van der Waals surface area contributed by atoms with Gasteiger partial charge in [-0.2, -0.15) is 0 Å². The molecule has 96 valence electrons. The molecule has 0 spiro atoms. The first-order valence-electron chi connectivity index (χ1n) is 5.80. The van der Waals surface area contributed by atoms with Crippen LogP contribution in [0.15, 0.2) is 23.6 Å². The number of aromatic nitrogens is 3. The van der Waals surface area contributed by atoms with E-state index in [1.54, 1.807) is 29.4 Å². The highest BCUT2D eigenvalue weighted by Crippen LogP contribution is 2.24. The molecule has 1 unspecified atom stereocenters. The van der Waals surface area contributed by atoms with Crippen molar-refractivity contribution in [2.75, 3.05) is 11.6 Å². The van der Waals surface area contributed by atoms with Gasteiger partial charge in [0.1, 0.15) is 22.2 Å². The van der Waals surface area contributed by atoms with Crippen LogP contribution in [-0.4, -0.2) is 21.2 Å². The lowest BCUT2D eigenvalue weighted by atomic mass is 10.3. The molecule has 2 aromatic rings. The molecule has 6 heteroatoms. The SMILES string of the molecule is CCc1cnc(C(C)Nc2cc(SC)ncn2)s1. The van der Waals surface area contributed by atoms with Crippen molar-refractivity contribution in [2.24, 2.45) is 0 Å². The molecule has 2 rings (SSSR count). The Morgan fingerprint density at radius 2 is 2.22 bits per heavy atom. The quantitative estimate of drug-likeness (QED) is 0.672. The van der Waals surface area contributed by atoms with Crippen molar-refractivity contribution in [3.8, 4) is 0 Å². The molecule has 0 bridgehead atoms. The monoisotopic (exact) mass is 280 g/mol. The Morgan fingerprint density at radius 3 is 2.89 bits per heavy atom. The molecule has 0 radical (unpaired) electrons. The first kappa shape index (κ1) is 13.3. The summed E-state index contributed by atoms with van der Waals surface area (Å²) in [6.07, 6.45) is 6.57. The maximum atomic E-state index is 4.43. The molecule has 2 aromatic heterocycles. The number of nitrogens with zero attached hydrogens (tertiary/aromatic N) is 3. The summed E-state index contributed by atoms with van der Waals surface area (Å²) in [5, 5.41) is 5.41. The van der Waals surface area contributed by atoms with Crippen molar-refractivity contribution in [1.82, 2.24) is 15.0 Å². The van der Waals surface area contributed by atoms with E-state index in [0.717, 1.165) is 22.3 Å². The van der Waals surface area contributed by atoms with E-state index in [2.05, 4.69) is 34.1 Å².